The summed E-state index contributed by atoms with van der Waals surface area (Å²) in [5.74, 6) is 0.807. The third-order valence-electron chi connectivity index (χ3n) is 5.89. The zero-order valence-corrected chi connectivity index (χ0v) is 17.9. The number of nitrogens with zero attached hydrogens (tertiary/aromatic N) is 6. The number of fused-ring (bicyclic) bond motifs is 1. The van der Waals surface area contributed by atoms with Crippen LogP contribution in [0.3, 0.4) is 0 Å². The molecule has 1 fully saturated rings. The van der Waals surface area contributed by atoms with Gasteiger partial charge in [-0.2, -0.15) is 5.10 Å². The molecule has 1 saturated heterocycles. The van der Waals surface area contributed by atoms with E-state index in [2.05, 4.69) is 53.1 Å². The molecule has 1 aliphatic heterocycles. The van der Waals surface area contributed by atoms with Crippen molar-refractivity contribution in [1.29, 1.82) is 0 Å². The van der Waals surface area contributed by atoms with Crippen LogP contribution in [0.25, 0.3) is 28.3 Å². The Kier molecular flexibility index (Phi) is 4.95. The highest BCUT2D eigenvalue weighted by atomic mass is 16.5. The van der Waals surface area contributed by atoms with Gasteiger partial charge in [-0.1, -0.05) is 12.1 Å². The second-order valence-corrected chi connectivity index (χ2v) is 8.46. The molecule has 2 N–H and O–H groups in total. The summed E-state index contributed by atoms with van der Waals surface area (Å²) in [5.41, 5.74) is 10.6. The molecule has 1 aromatic carbocycles. The lowest BCUT2D eigenvalue weighted by Gasteiger charge is -2.28. The first-order valence-electron chi connectivity index (χ1n) is 10.6. The summed E-state index contributed by atoms with van der Waals surface area (Å²) >= 11 is 0. The van der Waals surface area contributed by atoms with Gasteiger partial charge in [0.15, 0.2) is 0 Å². The zero-order valence-electron chi connectivity index (χ0n) is 17.9. The van der Waals surface area contributed by atoms with Gasteiger partial charge in [-0.05, 0) is 26.0 Å². The second kappa shape index (κ2) is 7.79. The van der Waals surface area contributed by atoms with E-state index in [1.54, 1.807) is 6.20 Å². The van der Waals surface area contributed by atoms with Crippen molar-refractivity contribution in [3.8, 4) is 22.6 Å². The van der Waals surface area contributed by atoms with E-state index in [4.69, 9.17) is 15.5 Å². The van der Waals surface area contributed by atoms with Crippen molar-refractivity contribution in [2.24, 2.45) is 5.73 Å². The lowest BCUT2D eigenvalue weighted by Crippen LogP contribution is -2.36. The van der Waals surface area contributed by atoms with Crippen LogP contribution < -0.4 is 10.6 Å². The number of benzene rings is 1. The number of hydrogen-bond acceptors (Lipinski definition) is 6. The highest BCUT2D eigenvalue weighted by Crippen LogP contribution is 2.27. The average Bonchev–Trinajstić information content (AvgIpc) is 3.49. The molecule has 1 aliphatic rings. The van der Waals surface area contributed by atoms with E-state index in [1.807, 2.05) is 33.7 Å². The van der Waals surface area contributed by atoms with Crippen molar-refractivity contribution in [2.45, 2.75) is 19.4 Å². The molecule has 0 spiro atoms. The van der Waals surface area contributed by atoms with Crippen molar-refractivity contribution < 1.29 is 4.74 Å². The number of anilines is 1. The molecule has 4 heterocycles. The first-order chi connectivity index (χ1) is 15.0. The van der Waals surface area contributed by atoms with Crippen LogP contribution in [-0.4, -0.2) is 57.0 Å². The van der Waals surface area contributed by atoms with Crippen LogP contribution in [0.15, 0.2) is 55.1 Å². The molecule has 0 saturated carbocycles. The van der Waals surface area contributed by atoms with Gasteiger partial charge in [0.1, 0.15) is 11.5 Å². The number of nitrogens with two attached hydrogens (primary N) is 1. The number of imidazole rings is 1. The molecule has 0 unspecified atom stereocenters. The Hall–Kier alpha value is -3.23. The minimum Gasteiger partial charge on any atom is -0.378 e. The van der Waals surface area contributed by atoms with Gasteiger partial charge >= 0.3 is 0 Å². The van der Waals surface area contributed by atoms with Crippen LogP contribution in [-0.2, 0) is 10.3 Å². The monoisotopic (exact) mass is 417 g/mol. The fourth-order valence-corrected chi connectivity index (χ4v) is 3.80. The van der Waals surface area contributed by atoms with E-state index in [0.29, 0.717) is 6.54 Å². The van der Waals surface area contributed by atoms with Crippen molar-refractivity contribution in [3.63, 3.8) is 0 Å². The first kappa shape index (κ1) is 19.7. The average molecular weight is 418 g/mol. The smallest absolute Gasteiger partial charge is 0.149 e. The van der Waals surface area contributed by atoms with Crippen LogP contribution in [0.4, 0.5) is 5.69 Å². The molecule has 0 radical (unpaired) electrons. The molecular formula is C23H27N7O. The molecular weight excluding hydrogens is 390 g/mol. The summed E-state index contributed by atoms with van der Waals surface area (Å²) < 4.78 is 9.35. The molecule has 8 nitrogen and oxygen atoms in total. The molecule has 0 atom stereocenters. The highest BCUT2D eigenvalue weighted by molar-refractivity contribution is 5.70. The van der Waals surface area contributed by atoms with Crippen LogP contribution in [0.5, 0.6) is 0 Å². The maximum atomic E-state index is 5.92. The van der Waals surface area contributed by atoms with Crippen LogP contribution in [0, 0.1) is 0 Å². The van der Waals surface area contributed by atoms with Gasteiger partial charge in [0.05, 0.1) is 36.2 Å². The summed E-state index contributed by atoms with van der Waals surface area (Å²) in [6.45, 7) is 8.02. The molecule has 3 aromatic heterocycles. The van der Waals surface area contributed by atoms with E-state index in [-0.39, 0.29) is 5.54 Å². The van der Waals surface area contributed by atoms with Crippen molar-refractivity contribution in [3.05, 3.63) is 55.1 Å². The van der Waals surface area contributed by atoms with E-state index in [0.717, 1.165) is 54.6 Å². The van der Waals surface area contributed by atoms with Gasteiger partial charge in [-0.15, -0.1) is 0 Å². The number of ether oxygens (including phenoxy) is 1. The summed E-state index contributed by atoms with van der Waals surface area (Å²) in [5, 5.41) is 4.54. The Morgan fingerprint density at radius 1 is 1.10 bits per heavy atom. The standard InChI is InChI=1S/C23H27N7O/c1-23(2,16-24)30-15-18(14-26-30)22-27-20(13-21-25-7-8-29(21)22)17-3-5-19(6-4-17)28-9-11-31-12-10-28/h3-8,13-15H,9-12,16,24H2,1-2H3. The van der Waals surface area contributed by atoms with Crippen molar-refractivity contribution in [1.82, 2.24) is 24.1 Å². The fourth-order valence-electron chi connectivity index (χ4n) is 3.80. The maximum Gasteiger partial charge on any atom is 0.149 e. The molecule has 4 aromatic rings. The van der Waals surface area contributed by atoms with Crippen LogP contribution in [0.1, 0.15) is 13.8 Å². The fraction of sp³-hybridized carbons (Fsp3) is 0.348. The lowest BCUT2D eigenvalue weighted by atomic mass is 10.1. The Bertz CT molecular complexity index is 1190. The Labute approximate surface area is 181 Å². The topological polar surface area (TPSA) is 86.5 Å². The van der Waals surface area contributed by atoms with Crippen LogP contribution >= 0.6 is 0 Å². The number of rotatable bonds is 5. The predicted molar refractivity (Wildman–Crippen MR) is 121 cm³/mol. The Morgan fingerprint density at radius 3 is 2.61 bits per heavy atom. The third-order valence-corrected chi connectivity index (χ3v) is 5.89. The molecule has 0 aliphatic carbocycles. The van der Waals surface area contributed by atoms with Gasteiger partial charge < -0.3 is 15.4 Å². The summed E-state index contributed by atoms with van der Waals surface area (Å²) in [7, 11) is 0. The van der Waals surface area contributed by atoms with Gasteiger partial charge in [0.2, 0.25) is 0 Å². The normalized spacial score (nSPS) is 15.0. The van der Waals surface area contributed by atoms with E-state index >= 15 is 0 Å². The number of morpholine rings is 1. The Balaban J connectivity index is 1.52. The van der Waals surface area contributed by atoms with Crippen molar-refractivity contribution >= 4 is 11.3 Å². The third kappa shape index (κ3) is 3.68. The quantitative estimate of drug-likeness (QED) is 0.537. The number of aromatic nitrogens is 5. The minimum absolute atomic E-state index is 0.265. The van der Waals surface area contributed by atoms with Gasteiger partial charge in [0, 0.05) is 55.5 Å². The summed E-state index contributed by atoms with van der Waals surface area (Å²) in [6.07, 6.45) is 7.55. The predicted octanol–water partition coefficient (Wildman–Crippen LogP) is 2.79. The molecule has 8 heteroatoms. The van der Waals surface area contributed by atoms with Gasteiger partial charge in [-0.25, -0.2) is 9.97 Å². The van der Waals surface area contributed by atoms with Gasteiger partial charge in [-0.3, -0.25) is 9.08 Å². The van der Waals surface area contributed by atoms with Crippen LogP contribution in [0.2, 0.25) is 0 Å². The molecule has 31 heavy (non-hydrogen) atoms. The summed E-state index contributed by atoms with van der Waals surface area (Å²) in [4.78, 5) is 11.8. The van der Waals surface area contributed by atoms with E-state index in [9.17, 15) is 0 Å². The van der Waals surface area contributed by atoms with Crippen molar-refractivity contribution in [2.75, 3.05) is 37.7 Å². The lowest BCUT2D eigenvalue weighted by molar-refractivity contribution is 0.122. The molecule has 5 rings (SSSR count). The summed E-state index contributed by atoms with van der Waals surface area (Å²) in [6, 6.07) is 10.6. The molecule has 0 amide bonds. The largest absolute Gasteiger partial charge is 0.378 e. The van der Waals surface area contributed by atoms with E-state index in [1.165, 1.54) is 5.69 Å². The van der Waals surface area contributed by atoms with Gasteiger partial charge in [0.25, 0.3) is 0 Å². The zero-order chi connectivity index (χ0) is 21.4. The minimum atomic E-state index is -0.265. The van der Waals surface area contributed by atoms with E-state index < -0.39 is 0 Å². The first-order valence-corrected chi connectivity index (χ1v) is 10.6. The SMILES string of the molecule is CC(C)(CN)n1cc(-c2nc(-c3ccc(N4CCOCC4)cc3)cc3nccn23)cn1. The second-order valence-electron chi connectivity index (χ2n) is 8.46. The highest BCUT2D eigenvalue weighted by Gasteiger charge is 2.21. The Morgan fingerprint density at radius 2 is 1.87 bits per heavy atom. The number of hydrogen-bond donors (Lipinski definition) is 1. The maximum absolute atomic E-state index is 5.92. The molecule has 160 valence electrons. The molecule has 0 bridgehead atoms.